The number of aliphatic carboxylic acids is 1. The van der Waals surface area contributed by atoms with Gasteiger partial charge in [-0.25, -0.2) is 0 Å². The van der Waals surface area contributed by atoms with Crippen LogP contribution in [0.2, 0.25) is 0 Å². The number of benzene rings is 4. The van der Waals surface area contributed by atoms with Gasteiger partial charge in [-0.2, -0.15) is 0 Å². The second-order valence-corrected chi connectivity index (χ2v) is 10.3. The first-order chi connectivity index (χ1) is 21.4. The molecule has 0 aliphatic heterocycles. The molecule has 44 heavy (non-hydrogen) atoms. The molecule has 0 radical (unpaired) electrons. The average molecular weight is 595 g/mol. The molecular formula is C36H38N2O6. The van der Waals surface area contributed by atoms with Crippen LogP contribution in [0.1, 0.15) is 57.7 Å². The van der Waals surface area contributed by atoms with E-state index in [9.17, 15) is 24.6 Å². The van der Waals surface area contributed by atoms with E-state index >= 15 is 0 Å². The molecule has 3 N–H and O–H groups in total. The smallest absolute Gasteiger partial charge is 0.305 e. The van der Waals surface area contributed by atoms with Gasteiger partial charge in [0, 0.05) is 30.8 Å². The number of para-hydroxylation sites is 1. The second kappa shape index (κ2) is 16.0. The zero-order valence-corrected chi connectivity index (χ0v) is 24.8. The summed E-state index contributed by atoms with van der Waals surface area (Å²) >= 11 is 0. The van der Waals surface area contributed by atoms with Gasteiger partial charge in [0.1, 0.15) is 5.75 Å². The van der Waals surface area contributed by atoms with Gasteiger partial charge in [-0.05, 0) is 60.2 Å². The maximum absolute atomic E-state index is 14.1. The third kappa shape index (κ3) is 8.33. The van der Waals surface area contributed by atoms with E-state index in [0.717, 1.165) is 16.9 Å². The Kier molecular flexibility index (Phi) is 11.7. The normalized spacial score (nSPS) is 11.4. The highest BCUT2D eigenvalue weighted by Crippen LogP contribution is 2.29. The molecule has 1 unspecified atom stereocenters. The summed E-state index contributed by atoms with van der Waals surface area (Å²) in [6.45, 7) is 2.63. The van der Waals surface area contributed by atoms with Gasteiger partial charge in [-0.3, -0.25) is 14.4 Å². The molecule has 0 bridgehead atoms. The number of aliphatic hydroxyl groups is 1. The lowest BCUT2D eigenvalue weighted by Crippen LogP contribution is -2.35. The minimum absolute atomic E-state index is 0.0291. The van der Waals surface area contributed by atoms with Crippen LogP contribution in [0.4, 0.5) is 0 Å². The summed E-state index contributed by atoms with van der Waals surface area (Å²) in [6.07, 6.45) is 0.623. The first kappa shape index (κ1) is 32.0. The fourth-order valence-corrected chi connectivity index (χ4v) is 5.17. The Hall–Kier alpha value is -4.95. The van der Waals surface area contributed by atoms with Gasteiger partial charge in [-0.15, -0.1) is 0 Å². The van der Waals surface area contributed by atoms with E-state index in [2.05, 4.69) is 5.32 Å². The molecule has 8 heteroatoms. The molecular weight excluding hydrogens is 556 g/mol. The van der Waals surface area contributed by atoms with E-state index in [-0.39, 0.29) is 37.9 Å². The highest BCUT2D eigenvalue weighted by Gasteiger charge is 2.24. The van der Waals surface area contributed by atoms with E-state index in [1.54, 1.807) is 47.4 Å². The van der Waals surface area contributed by atoms with E-state index in [1.165, 1.54) is 0 Å². The van der Waals surface area contributed by atoms with E-state index in [0.29, 0.717) is 41.7 Å². The van der Waals surface area contributed by atoms with Gasteiger partial charge in [0.15, 0.2) is 0 Å². The van der Waals surface area contributed by atoms with Crippen molar-refractivity contribution in [1.82, 2.24) is 10.2 Å². The fourth-order valence-electron chi connectivity index (χ4n) is 5.17. The summed E-state index contributed by atoms with van der Waals surface area (Å²) in [6, 6.07) is 30.8. The van der Waals surface area contributed by atoms with E-state index in [4.69, 9.17) is 4.74 Å². The Morgan fingerprint density at radius 3 is 2.09 bits per heavy atom. The van der Waals surface area contributed by atoms with Crippen molar-refractivity contribution in [3.8, 4) is 16.9 Å². The number of carbonyl (C=O) groups is 3. The molecule has 0 saturated carbocycles. The SMILES string of the molecule is CCOc1ccccc1CCN(CCC(=O)O)C(=O)c1ccccc1-c1ccccc1C(=O)NC(CCO)c1ccccc1. The standard InChI is InChI=1S/C36H38N2O6/c1-2-44-33-19-11-6-14-27(33)20-23-38(24-21-34(40)41)36(43)31-18-10-8-16-29(31)28-15-7-9-17-30(28)35(42)37-32(22-25-39)26-12-4-3-5-13-26/h3-19,32,39H,2,20-25H2,1H3,(H,37,42)(H,40,41). The first-order valence-corrected chi connectivity index (χ1v) is 14.8. The third-order valence-corrected chi connectivity index (χ3v) is 7.35. The van der Waals surface area contributed by atoms with Gasteiger partial charge in [-0.1, -0.05) is 84.9 Å². The van der Waals surface area contributed by atoms with Crippen molar-refractivity contribution >= 4 is 17.8 Å². The summed E-state index contributed by atoms with van der Waals surface area (Å²) in [5.41, 5.74) is 3.69. The molecule has 0 spiro atoms. The zero-order chi connectivity index (χ0) is 31.3. The molecule has 0 aliphatic rings. The Balaban J connectivity index is 1.64. The molecule has 8 nitrogen and oxygen atoms in total. The summed E-state index contributed by atoms with van der Waals surface area (Å²) < 4.78 is 5.75. The highest BCUT2D eigenvalue weighted by atomic mass is 16.5. The van der Waals surface area contributed by atoms with Crippen LogP contribution in [0, 0.1) is 0 Å². The number of nitrogens with one attached hydrogen (secondary N) is 1. The summed E-state index contributed by atoms with van der Waals surface area (Å²) in [5, 5.41) is 22.1. The summed E-state index contributed by atoms with van der Waals surface area (Å²) in [7, 11) is 0. The largest absolute Gasteiger partial charge is 0.494 e. The van der Waals surface area contributed by atoms with Gasteiger partial charge in [0.05, 0.1) is 19.1 Å². The molecule has 1 atom stereocenters. The van der Waals surface area contributed by atoms with Crippen molar-refractivity contribution in [1.29, 1.82) is 0 Å². The predicted octanol–water partition coefficient (Wildman–Crippen LogP) is 5.77. The average Bonchev–Trinajstić information content (AvgIpc) is 3.05. The Bertz CT molecular complexity index is 1560. The molecule has 2 amide bonds. The van der Waals surface area contributed by atoms with Crippen molar-refractivity contribution in [3.05, 3.63) is 125 Å². The molecule has 0 aliphatic carbocycles. The molecule has 0 aromatic heterocycles. The molecule has 4 aromatic carbocycles. The number of amides is 2. The van der Waals surface area contributed by atoms with Crippen LogP contribution in [-0.4, -0.2) is 59.2 Å². The third-order valence-electron chi connectivity index (χ3n) is 7.35. The quantitative estimate of drug-likeness (QED) is 0.161. The summed E-state index contributed by atoms with van der Waals surface area (Å²) in [4.78, 5) is 40.8. The monoisotopic (exact) mass is 594 g/mol. The number of carbonyl (C=O) groups excluding carboxylic acids is 2. The van der Waals surface area contributed by atoms with Gasteiger partial charge in [0.2, 0.25) is 0 Å². The lowest BCUT2D eigenvalue weighted by molar-refractivity contribution is -0.137. The number of rotatable bonds is 15. The lowest BCUT2D eigenvalue weighted by Gasteiger charge is -2.24. The minimum Gasteiger partial charge on any atom is -0.494 e. The Labute approximate surface area is 257 Å². The van der Waals surface area contributed by atoms with Crippen molar-refractivity contribution in [3.63, 3.8) is 0 Å². The molecule has 0 fully saturated rings. The predicted molar refractivity (Wildman–Crippen MR) is 170 cm³/mol. The van der Waals surface area contributed by atoms with E-state index in [1.807, 2.05) is 67.6 Å². The number of carboxylic acids is 1. The molecule has 4 rings (SSSR count). The van der Waals surface area contributed by atoms with Crippen molar-refractivity contribution < 1.29 is 29.3 Å². The van der Waals surface area contributed by atoms with Crippen LogP contribution < -0.4 is 10.1 Å². The topological polar surface area (TPSA) is 116 Å². The molecule has 0 saturated heterocycles. The van der Waals surface area contributed by atoms with Crippen molar-refractivity contribution in [2.75, 3.05) is 26.3 Å². The van der Waals surface area contributed by atoms with Gasteiger partial charge >= 0.3 is 5.97 Å². The van der Waals surface area contributed by atoms with Crippen molar-refractivity contribution in [2.45, 2.75) is 32.2 Å². The van der Waals surface area contributed by atoms with Crippen LogP contribution in [0.3, 0.4) is 0 Å². The Morgan fingerprint density at radius 1 is 0.795 bits per heavy atom. The molecule has 0 heterocycles. The number of aliphatic hydroxyl groups excluding tert-OH is 1. The van der Waals surface area contributed by atoms with Crippen LogP contribution in [0.25, 0.3) is 11.1 Å². The maximum atomic E-state index is 14.1. The number of hydrogen-bond acceptors (Lipinski definition) is 5. The second-order valence-electron chi connectivity index (χ2n) is 10.3. The van der Waals surface area contributed by atoms with E-state index < -0.39 is 12.0 Å². The van der Waals surface area contributed by atoms with Crippen molar-refractivity contribution in [2.24, 2.45) is 0 Å². The summed E-state index contributed by atoms with van der Waals surface area (Å²) in [5.74, 6) is -0.923. The van der Waals surface area contributed by atoms with Crippen LogP contribution in [-0.2, 0) is 11.2 Å². The maximum Gasteiger partial charge on any atom is 0.305 e. The van der Waals surface area contributed by atoms with Crippen LogP contribution in [0.5, 0.6) is 5.75 Å². The number of carboxylic acid groups (broad SMARTS) is 1. The molecule has 228 valence electrons. The zero-order valence-electron chi connectivity index (χ0n) is 24.8. The Morgan fingerprint density at radius 2 is 1.41 bits per heavy atom. The number of nitrogens with zero attached hydrogens (tertiary/aromatic N) is 1. The van der Waals surface area contributed by atoms with Gasteiger partial charge < -0.3 is 25.2 Å². The number of hydrogen-bond donors (Lipinski definition) is 3. The van der Waals surface area contributed by atoms with Gasteiger partial charge in [0.25, 0.3) is 11.8 Å². The van der Waals surface area contributed by atoms with Crippen LogP contribution in [0.15, 0.2) is 103 Å². The number of ether oxygens (including phenoxy) is 1. The fraction of sp³-hybridized carbons (Fsp3) is 0.250. The first-order valence-electron chi connectivity index (χ1n) is 14.8. The highest BCUT2D eigenvalue weighted by molar-refractivity contribution is 6.06. The minimum atomic E-state index is -0.997. The van der Waals surface area contributed by atoms with Crippen LogP contribution >= 0.6 is 0 Å². The lowest BCUT2D eigenvalue weighted by atomic mass is 9.93. The molecule has 4 aromatic rings.